The zero-order chi connectivity index (χ0) is 14.1. The van der Waals surface area contributed by atoms with Gasteiger partial charge in [-0.3, -0.25) is 9.59 Å². The lowest BCUT2D eigenvalue weighted by Gasteiger charge is -2.23. The van der Waals surface area contributed by atoms with Gasteiger partial charge in [-0.25, -0.2) is 0 Å². The monoisotopic (exact) mass is 271 g/mol. The van der Waals surface area contributed by atoms with Gasteiger partial charge >= 0.3 is 0 Å². The highest BCUT2D eigenvalue weighted by molar-refractivity contribution is 6.00. The summed E-state index contributed by atoms with van der Waals surface area (Å²) in [6.45, 7) is 0.639. The van der Waals surface area contributed by atoms with Crippen molar-refractivity contribution < 1.29 is 9.59 Å². The Morgan fingerprint density at radius 1 is 1.35 bits per heavy atom. The highest BCUT2D eigenvalue weighted by Gasteiger charge is 2.33. The number of amides is 2. The molecular weight excluding hydrogens is 254 g/mol. The Kier molecular flexibility index (Phi) is 3.18. The van der Waals surface area contributed by atoms with E-state index in [-0.39, 0.29) is 17.9 Å². The number of benzene rings is 1. The average Bonchev–Trinajstić information content (AvgIpc) is 3.13. The molecule has 2 heterocycles. The van der Waals surface area contributed by atoms with Crippen LogP contribution in [0.4, 0.5) is 0 Å². The van der Waals surface area contributed by atoms with Gasteiger partial charge in [-0.1, -0.05) is 6.07 Å². The Bertz CT molecular complexity index is 662. The van der Waals surface area contributed by atoms with Crippen molar-refractivity contribution in [1.82, 2.24) is 15.2 Å². The van der Waals surface area contributed by atoms with Gasteiger partial charge in [0.2, 0.25) is 5.91 Å². The standard InChI is InChI=1S/C15H17N3O2/c1-16-14(19)13-3-2-8-18(13)15(20)11-5-4-10-6-7-17-12(10)9-11/h4-7,9,13,17H,2-3,8H2,1H3,(H,16,19). The number of aromatic amines is 1. The molecule has 5 nitrogen and oxygen atoms in total. The molecule has 1 aromatic heterocycles. The molecule has 0 spiro atoms. The quantitative estimate of drug-likeness (QED) is 0.869. The van der Waals surface area contributed by atoms with Gasteiger partial charge in [0.1, 0.15) is 6.04 Å². The van der Waals surface area contributed by atoms with Gasteiger partial charge in [0, 0.05) is 30.9 Å². The Hall–Kier alpha value is -2.30. The van der Waals surface area contributed by atoms with E-state index in [0.717, 1.165) is 23.7 Å². The number of fused-ring (bicyclic) bond motifs is 1. The zero-order valence-electron chi connectivity index (χ0n) is 11.3. The van der Waals surface area contributed by atoms with Gasteiger partial charge in [-0.2, -0.15) is 0 Å². The van der Waals surface area contributed by atoms with Crippen LogP contribution in [0.5, 0.6) is 0 Å². The molecule has 0 saturated carbocycles. The molecule has 1 fully saturated rings. The molecule has 0 bridgehead atoms. The van der Waals surface area contributed by atoms with Crippen LogP contribution in [0.1, 0.15) is 23.2 Å². The number of nitrogens with one attached hydrogen (secondary N) is 2. The van der Waals surface area contributed by atoms with Crippen molar-refractivity contribution in [3.63, 3.8) is 0 Å². The fraction of sp³-hybridized carbons (Fsp3) is 0.333. The predicted molar refractivity (Wildman–Crippen MR) is 76.4 cm³/mol. The molecule has 1 saturated heterocycles. The van der Waals surface area contributed by atoms with Crippen LogP contribution in [0.25, 0.3) is 10.9 Å². The van der Waals surface area contributed by atoms with Gasteiger partial charge in [0.25, 0.3) is 5.91 Å². The summed E-state index contributed by atoms with van der Waals surface area (Å²) in [4.78, 5) is 29.2. The first-order valence-corrected chi connectivity index (χ1v) is 6.80. The topological polar surface area (TPSA) is 65.2 Å². The molecule has 5 heteroatoms. The summed E-state index contributed by atoms with van der Waals surface area (Å²) in [7, 11) is 1.61. The van der Waals surface area contributed by atoms with E-state index in [9.17, 15) is 9.59 Å². The van der Waals surface area contributed by atoms with Gasteiger partial charge in [0.15, 0.2) is 0 Å². The molecule has 1 aromatic carbocycles. The minimum atomic E-state index is -0.341. The predicted octanol–water partition coefficient (Wildman–Crippen LogP) is 1.52. The first-order valence-electron chi connectivity index (χ1n) is 6.80. The SMILES string of the molecule is CNC(=O)C1CCCN1C(=O)c1ccc2cc[nH]c2c1. The van der Waals surface area contributed by atoms with Crippen molar-refractivity contribution in [2.24, 2.45) is 0 Å². The van der Waals surface area contributed by atoms with E-state index < -0.39 is 0 Å². The number of carbonyl (C=O) groups is 2. The molecular formula is C15H17N3O2. The van der Waals surface area contributed by atoms with Crippen LogP contribution in [-0.4, -0.2) is 41.3 Å². The summed E-state index contributed by atoms with van der Waals surface area (Å²) in [6.07, 6.45) is 3.45. The van der Waals surface area contributed by atoms with Crippen molar-refractivity contribution in [1.29, 1.82) is 0 Å². The van der Waals surface area contributed by atoms with Crippen LogP contribution in [0.2, 0.25) is 0 Å². The van der Waals surface area contributed by atoms with Crippen LogP contribution in [0.15, 0.2) is 30.5 Å². The minimum absolute atomic E-state index is 0.0763. The molecule has 0 radical (unpaired) electrons. The second kappa shape index (κ2) is 5.00. The molecule has 2 amide bonds. The Balaban J connectivity index is 1.89. The molecule has 20 heavy (non-hydrogen) atoms. The van der Waals surface area contributed by atoms with Crippen molar-refractivity contribution >= 4 is 22.7 Å². The highest BCUT2D eigenvalue weighted by Crippen LogP contribution is 2.22. The molecule has 1 unspecified atom stereocenters. The smallest absolute Gasteiger partial charge is 0.254 e. The fourth-order valence-corrected chi connectivity index (χ4v) is 2.80. The summed E-state index contributed by atoms with van der Waals surface area (Å²) >= 11 is 0. The largest absolute Gasteiger partial charge is 0.361 e. The third-order valence-corrected chi connectivity index (χ3v) is 3.86. The maximum atomic E-state index is 12.6. The molecule has 0 aliphatic carbocycles. The lowest BCUT2D eigenvalue weighted by molar-refractivity contribution is -0.124. The second-order valence-electron chi connectivity index (χ2n) is 5.05. The van der Waals surface area contributed by atoms with E-state index in [2.05, 4.69) is 10.3 Å². The van der Waals surface area contributed by atoms with Gasteiger partial charge < -0.3 is 15.2 Å². The van der Waals surface area contributed by atoms with Gasteiger partial charge in [0.05, 0.1) is 0 Å². The molecule has 1 aliphatic rings. The fourth-order valence-electron chi connectivity index (χ4n) is 2.80. The first kappa shape index (κ1) is 12.7. The molecule has 104 valence electrons. The van der Waals surface area contributed by atoms with Crippen LogP contribution >= 0.6 is 0 Å². The third kappa shape index (κ3) is 2.05. The normalized spacial score (nSPS) is 18.4. The lowest BCUT2D eigenvalue weighted by Crippen LogP contribution is -2.44. The highest BCUT2D eigenvalue weighted by atomic mass is 16.2. The van der Waals surface area contributed by atoms with E-state index in [1.165, 1.54) is 0 Å². The van der Waals surface area contributed by atoms with Crippen LogP contribution in [0, 0.1) is 0 Å². The molecule has 3 rings (SSSR count). The van der Waals surface area contributed by atoms with Crippen molar-refractivity contribution in [3.8, 4) is 0 Å². The summed E-state index contributed by atoms with van der Waals surface area (Å²) < 4.78 is 0. The number of likely N-dealkylation sites (tertiary alicyclic amines) is 1. The van der Waals surface area contributed by atoms with Crippen molar-refractivity contribution in [2.45, 2.75) is 18.9 Å². The number of H-pyrrole nitrogens is 1. The van der Waals surface area contributed by atoms with Gasteiger partial charge in [-0.05, 0) is 36.4 Å². The van der Waals surface area contributed by atoms with Crippen molar-refractivity contribution in [2.75, 3.05) is 13.6 Å². The number of nitrogens with zero attached hydrogens (tertiary/aromatic N) is 1. The Morgan fingerprint density at radius 2 is 2.20 bits per heavy atom. The van der Waals surface area contributed by atoms with E-state index in [1.54, 1.807) is 11.9 Å². The number of hydrogen-bond acceptors (Lipinski definition) is 2. The van der Waals surface area contributed by atoms with Crippen LogP contribution in [-0.2, 0) is 4.79 Å². The van der Waals surface area contributed by atoms with Crippen LogP contribution in [0.3, 0.4) is 0 Å². The third-order valence-electron chi connectivity index (χ3n) is 3.86. The first-order chi connectivity index (χ1) is 9.70. The molecule has 1 atom stereocenters. The van der Waals surface area contributed by atoms with E-state index in [4.69, 9.17) is 0 Å². The summed E-state index contributed by atoms with van der Waals surface area (Å²) in [5.74, 6) is -0.163. The Labute approximate surface area is 117 Å². The number of rotatable bonds is 2. The lowest BCUT2D eigenvalue weighted by atomic mass is 10.1. The van der Waals surface area contributed by atoms with Crippen molar-refractivity contribution in [3.05, 3.63) is 36.0 Å². The molecule has 1 aliphatic heterocycles. The second-order valence-corrected chi connectivity index (χ2v) is 5.05. The average molecular weight is 271 g/mol. The number of hydrogen-bond donors (Lipinski definition) is 2. The maximum Gasteiger partial charge on any atom is 0.254 e. The number of likely N-dealkylation sites (N-methyl/N-ethyl adjacent to an activating group) is 1. The molecule has 2 N–H and O–H groups in total. The summed E-state index contributed by atoms with van der Waals surface area (Å²) in [6, 6.07) is 7.21. The number of aromatic nitrogens is 1. The maximum absolute atomic E-state index is 12.6. The molecule has 2 aromatic rings. The van der Waals surface area contributed by atoms with Crippen LogP contribution < -0.4 is 5.32 Å². The number of carbonyl (C=O) groups excluding carboxylic acids is 2. The minimum Gasteiger partial charge on any atom is -0.361 e. The zero-order valence-corrected chi connectivity index (χ0v) is 11.3. The Morgan fingerprint density at radius 3 is 3.00 bits per heavy atom. The van der Waals surface area contributed by atoms with E-state index >= 15 is 0 Å². The van der Waals surface area contributed by atoms with E-state index in [1.807, 2.05) is 30.5 Å². The summed E-state index contributed by atoms with van der Waals surface area (Å²) in [5.41, 5.74) is 1.56. The van der Waals surface area contributed by atoms with E-state index in [0.29, 0.717) is 12.1 Å². The summed E-state index contributed by atoms with van der Waals surface area (Å²) in [5, 5.41) is 3.70. The van der Waals surface area contributed by atoms with Gasteiger partial charge in [-0.15, -0.1) is 0 Å².